The van der Waals surface area contributed by atoms with Crippen molar-refractivity contribution in [1.29, 1.82) is 5.26 Å². The number of nitrogens with one attached hydrogen (secondary N) is 1. The van der Waals surface area contributed by atoms with Gasteiger partial charge in [0.1, 0.15) is 0 Å². The number of nitrogens with zero attached hydrogens (tertiary/aromatic N) is 4. The van der Waals surface area contributed by atoms with Gasteiger partial charge in [-0.25, -0.2) is 0 Å². The molecule has 1 aromatic heterocycles. The van der Waals surface area contributed by atoms with Crippen LogP contribution < -0.4 is 5.32 Å². The molecule has 0 aliphatic carbocycles. The van der Waals surface area contributed by atoms with Crippen molar-refractivity contribution in [1.82, 2.24) is 20.0 Å². The van der Waals surface area contributed by atoms with Crippen LogP contribution in [0.15, 0.2) is 36.7 Å². The molecule has 3 rings (SSSR count). The van der Waals surface area contributed by atoms with Gasteiger partial charge in [0, 0.05) is 37.9 Å². The lowest BCUT2D eigenvalue weighted by atomic mass is 10.0. The lowest BCUT2D eigenvalue weighted by Gasteiger charge is -2.32. The first-order valence-corrected chi connectivity index (χ1v) is 8.16. The third kappa shape index (κ3) is 3.86. The van der Waals surface area contributed by atoms with Crippen molar-refractivity contribution < 1.29 is 9.59 Å². The van der Waals surface area contributed by atoms with Crippen LogP contribution in [0.3, 0.4) is 0 Å². The number of nitriles is 1. The Balaban J connectivity index is 1.55. The molecule has 2 aromatic rings. The maximum Gasteiger partial charge on any atom is 0.254 e. The van der Waals surface area contributed by atoms with Gasteiger partial charge >= 0.3 is 0 Å². The predicted molar refractivity (Wildman–Crippen MR) is 90.8 cm³/mol. The molecule has 1 fully saturated rings. The van der Waals surface area contributed by atoms with Gasteiger partial charge in [-0.2, -0.15) is 10.4 Å². The summed E-state index contributed by atoms with van der Waals surface area (Å²) in [4.78, 5) is 26.5. The Morgan fingerprint density at radius 1 is 1.28 bits per heavy atom. The van der Waals surface area contributed by atoms with Crippen molar-refractivity contribution in [2.24, 2.45) is 7.05 Å². The summed E-state index contributed by atoms with van der Waals surface area (Å²) in [6.45, 7) is 1.15. The fourth-order valence-electron chi connectivity index (χ4n) is 2.94. The molecule has 128 valence electrons. The molecule has 0 atom stereocenters. The fourth-order valence-corrected chi connectivity index (χ4v) is 2.94. The number of likely N-dealkylation sites (tertiary alicyclic amines) is 1. The first-order valence-electron chi connectivity index (χ1n) is 8.16. The molecular formula is C18H19N5O2. The summed E-state index contributed by atoms with van der Waals surface area (Å²) in [6, 6.07) is 8.81. The Morgan fingerprint density at radius 3 is 2.68 bits per heavy atom. The molecule has 1 N–H and O–H groups in total. The van der Waals surface area contributed by atoms with Crippen molar-refractivity contribution in [3.63, 3.8) is 0 Å². The molecule has 0 spiro atoms. The number of carbonyl (C=O) groups excluding carboxylic acids is 2. The average Bonchev–Trinajstić information content (AvgIpc) is 3.08. The summed E-state index contributed by atoms with van der Waals surface area (Å²) in [5.41, 5.74) is 1.54. The van der Waals surface area contributed by atoms with Gasteiger partial charge in [0.15, 0.2) is 0 Å². The largest absolute Gasteiger partial charge is 0.349 e. The Labute approximate surface area is 145 Å². The van der Waals surface area contributed by atoms with Crippen LogP contribution in [0.25, 0.3) is 0 Å². The van der Waals surface area contributed by atoms with Gasteiger partial charge in [0.05, 0.1) is 23.4 Å². The number of aromatic nitrogens is 2. The summed E-state index contributed by atoms with van der Waals surface area (Å²) < 4.78 is 1.59. The zero-order valence-electron chi connectivity index (χ0n) is 14.0. The second kappa shape index (κ2) is 7.18. The topological polar surface area (TPSA) is 91.0 Å². The van der Waals surface area contributed by atoms with E-state index in [0.717, 1.165) is 0 Å². The van der Waals surface area contributed by atoms with E-state index in [0.29, 0.717) is 42.6 Å². The first-order chi connectivity index (χ1) is 12.1. The molecule has 0 unspecified atom stereocenters. The highest BCUT2D eigenvalue weighted by molar-refractivity contribution is 5.95. The molecule has 0 bridgehead atoms. The van der Waals surface area contributed by atoms with Crippen molar-refractivity contribution in [2.45, 2.75) is 18.9 Å². The molecule has 25 heavy (non-hydrogen) atoms. The van der Waals surface area contributed by atoms with Gasteiger partial charge in [-0.05, 0) is 31.0 Å². The van der Waals surface area contributed by atoms with E-state index in [2.05, 4.69) is 10.4 Å². The number of rotatable bonds is 3. The van der Waals surface area contributed by atoms with Gasteiger partial charge in [-0.15, -0.1) is 0 Å². The van der Waals surface area contributed by atoms with E-state index in [-0.39, 0.29) is 17.9 Å². The highest BCUT2D eigenvalue weighted by Gasteiger charge is 2.25. The number of carbonyl (C=O) groups is 2. The highest BCUT2D eigenvalue weighted by atomic mass is 16.2. The highest BCUT2D eigenvalue weighted by Crippen LogP contribution is 2.15. The minimum Gasteiger partial charge on any atom is -0.349 e. The summed E-state index contributed by atoms with van der Waals surface area (Å²) in [6.07, 6.45) is 4.62. The zero-order valence-corrected chi connectivity index (χ0v) is 14.0. The maximum absolute atomic E-state index is 12.5. The molecule has 2 heterocycles. The number of benzene rings is 1. The molecule has 7 nitrogen and oxygen atoms in total. The Hall–Kier alpha value is -3.14. The minimum absolute atomic E-state index is 0.0437. The van der Waals surface area contributed by atoms with Gasteiger partial charge in [0.2, 0.25) is 0 Å². The quantitative estimate of drug-likeness (QED) is 0.914. The SMILES string of the molecule is Cn1cc(C(=O)NC2CCN(C(=O)c3cccc(C#N)c3)CC2)cn1. The van der Waals surface area contributed by atoms with E-state index in [1.165, 1.54) is 6.20 Å². The van der Waals surface area contributed by atoms with Crippen LogP contribution in [0.1, 0.15) is 39.1 Å². The van der Waals surface area contributed by atoms with Crippen LogP contribution in [0.4, 0.5) is 0 Å². The smallest absolute Gasteiger partial charge is 0.254 e. The van der Waals surface area contributed by atoms with E-state index < -0.39 is 0 Å². The number of aryl methyl sites for hydroxylation is 1. The van der Waals surface area contributed by atoms with Crippen LogP contribution >= 0.6 is 0 Å². The van der Waals surface area contributed by atoms with E-state index in [9.17, 15) is 9.59 Å². The third-order valence-corrected chi connectivity index (χ3v) is 4.32. The van der Waals surface area contributed by atoms with Crippen molar-refractivity contribution in [3.8, 4) is 6.07 Å². The molecule has 1 aliphatic rings. The van der Waals surface area contributed by atoms with Crippen molar-refractivity contribution >= 4 is 11.8 Å². The van der Waals surface area contributed by atoms with E-state index in [1.54, 1.807) is 47.1 Å². The molecule has 7 heteroatoms. The van der Waals surface area contributed by atoms with Crippen LogP contribution in [0.2, 0.25) is 0 Å². The van der Waals surface area contributed by atoms with Crippen LogP contribution in [0.5, 0.6) is 0 Å². The number of amides is 2. The van der Waals surface area contributed by atoms with E-state index in [1.807, 2.05) is 6.07 Å². The summed E-state index contributed by atoms with van der Waals surface area (Å²) in [7, 11) is 1.77. The normalized spacial score (nSPS) is 14.8. The molecule has 1 saturated heterocycles. The lowest BCUT2D eigenvalue weighted by Crippen LogP contribution is -2.46. The minimum atomic E-state index is -0.139. The van der Waals surface area contributed by atoms with Gasteiger partial charge in [0.25, 0.3) is 11.8 Å². The third-order valence-electron chi connectivity index (χ3n) is 4.32. The van der Waals surface area contributed by atoms with Gasteiger partial charge in [-0.3, -0.25) is 14.3 Å². The van der Waals surface area contributed by atoms with Crippen molar-refractivity contribution in [2.75, 3.05) is 13.1 Å². The fraction of sp³-hybridized carbons (Fsp3) is 0.333. The summed E-state index contributed by atoms with van der Waals surface area (Å²) in [5, 5.41) is 15.9. The second-order valence-electron chi connectivity index (χ2n) is 6.14. The van der Waals surface area contributed by atoms with E-state index >= 15 is 0 Å². The number of hydrogen-bond acceptors (Lipinski definition) is 4. The molecule has 1 aliphatic heterocycles. The molecule has 0 saturated carbocycles. The van der Waals surface area contributed by atoms with E-state index in [4.69, 9.17) is 5.26 Å². The molecule has 1 aromatic carbocycles. The Bertz CT molecular complexity index is 828. The Morgan fingerprint density at radius 2 is 2.04 bits per heavy atom. The summed E-state index contributed by atoms with van der Waals surface area (Å²) in [5.74, 6) is -0.214. The van der Waals surface area contributed by atoms with Crippen LogP contribution in [0, 0.1) is 11.3 Å². The monoisotopic (exact) mass is 337 g/mol. The predicted octanol–water partition coefficient (Wildman–Crippen LogP) is 1.33. The number of hydrogen-bond donors (Lipinski definition) is 1. The second-order valence-corrected chi connectivity index (χ2v) is 6.14. The van der Waals surface area contributed by atoms with Crippen molar-refractivity contribution in [3.05, 3.63) is 53.3 Å². The zero-order chi connectivity index (χ0) is 17.8. The Kier molecular flexibility index (Phi) is 4.80. The van der Waals surface area contributed by atoms with Crippen LogP contribution in [-0.2, 0) is 7.05 Å². The molecular weight excluding hydrogens is 318 g/mol. The van der Waals surface area contributed by atoms with Gasteiger partial charge in [-0.1, -0.05) is 6.07 Å². The first kappa shape index (κ1) is 16.7. The molecule has 2 amide bonds. The maximum atomic E-state index is 12.5. The standard InChI is InChI=1S/C18H19N5O2/c1-22-12-15(11-20-22)17(24)21-16-5-7-23(8-6-16)18(25)14-4-2-3-13(9-14)10-19/h2-4,9,11-12,16H,5-8H2,1H3,(H,21,24). The average molecular weight is 337 g/mol. The number of piperidine rings is 1. The summed E-state index contributed by atoms with van der Waals surface area (Å²) >= 11 is 0. The van der Waals surface area contributed by atoms with Gasteiger partial charge < -0.3 is 10.2 Å². The molecule has 0 radical (unpaired) electrons. The van der Waals surface area contributed by atoms with Crippen LogP contribution in [-0.4, -0.2) is 45.6 Å². The lowest BCUT2D eigenvalue weighted by molar-refractivity contribution is 0.0698.